The molecule has 35 heavy (non-hydrogen) atoms. The first-order chi connectivity index (χ1) is 16.9. The molecule has 6 nitrogen and oxygen atoms in total. The van der Waals surface area contributed by atoms with Crippen LogP contribution in [0, 0.1) is 0 Å². The molecule has 2 aliphatic heterocycles. The van der Waals surface area contributed by atoms with Crippen molar-refractivity contribution in [3.8, 4) is 5.75 Å². The lowest BCUT2D eigenvalue weighted by atomic mass is 9.93. The SMILES string of the molecule is CCc1ccc([C@@H]2/C(=C(\O)c3ccc4c(c3)C[C@H](C)O4)C(=O)C(=O)N2CCCN(CC)CC)cc1. The van der Waals surface area contributed by atoms with E-state index in [4.69, 9.17) is 4.74 Å². The normalized spacial score (nSPS) is 21.0. The van der Waals surface area contributed by atoms with Gasteiger partial charge in [0.25, 0.3) is 11.7 Å². The number of Topliss-reactive ketones (excluding diaryl/α,β-unsaturated/α-hetero) is 1. The van der Waals surface area contributed by atoms with E-state index in [0.717, 1.165) is 55.8 Å². The number of benzene rings is 2. The van der Waals surface area contributed by atoms with E-state index in [2.05, 4.69) is 25.7 Å². The molecule has 2 aromatic rings. The minimum Gasteiger partial charge on any atom is -0.507 e. The van der Waals surface area contributed by atoms with Crippen molar-refractivity contribution in [3.05, 3.63) is 70.3 Å². The fraction of sp³-hybridized carbons (Fsp3) is 0.448. The van der Waals surface area contributed by atoms with Crippen molar-refractivity contribution in [2.24, 2.45) is 0 Å². The monoisotopic (exact) mass is 476 g/mol. The molecule has 1 amide bonds. The number of aliphatic hydroxyl groups excluding tert-OH is 1. The van der Waals surface area contributed by atoms with E-state index >= 15 is 0 Å². The van der Waals surface area contributed by atoms with Crippen LogP contribution in [0.2, 0.25) is 0 Å². The summed E-state index contributed by atoms with van der Waals surface area (Å²) >= 11 is 0. The molecule has 0 spiro atoms. The molecule has 0 bridgehead atoms. The van der Waals surface area contributed by atoms with Gasteiger partial charge in [0.05, 0.1) is 11.6 Å². The molecule has 4 rings (SSSR count). The smallest absolute Gasteiger partial charge is 0.295 e. The van der Waals surface area contributed by atoms with Crippen molar-refractivity contribution in [2.75, 3.05) is 26.2 Å². The Bertz CT molecular complexity index is 1120. The molecule has 0 radical (unpaired) electrons. The number of aryl methyl sites for hydroxylation is 1. The van der Waals surface area contributed by atoms with Crippen molar-refractivity contribution in [1.82, 2.24) is 9.80 Å². The fourth-order valence-electron chi connectivity index (χ4n) is 5.12. The third-order valence-electron chi connectivity index (χ3n) is 7.18. The van der Waals surface area contributed by atoms with Gasteiger partial charge < -0.3 is 19.6 Å². The lowest BCUT2D eigenvalue weighted by molar-refractivity contribution is -0.140. The van der Waals surface area contributed by atoms with Gasteiger partial charge in [-0.2, -0.15) is 0 Å². The van der Waals surface area contributed by atoms with Gasteiger partial charge >= 0.3 is 0 Å². The van der Waals surface area contributed by atoms with Gasteiger partial charge in [0.2, 0.25) is 0 Å². The number of fused-ring (bicyclic) bond motifs is 1. The van der Waals surface area contributed by atoms with Crippen LogP contribution in [0.15, 0.2) is 48.0 Å². The Morgan fingerprint density at radius 3 is 2.46 bits per heavy atom. The lowest BCUT2D eigenvalue weighted by Crippen LogP contribution is -2.33. The van der Waals surface area contributed by atoms with Crippen LogP contribution in [0.1, 0.15) is 62.4 Å². The molecular weight excluding hydrogens is 440 g/mol. The number of amides is 1. The highest BCUT2D eigenvalue weighted by Crippen LogP contribution is 2.40. The quantitative estimate of drug-likeness (QED) is 0.322. The summed E-state index contributed by atoms with van der Waals surface area (Å²) in [6, 6.07) is 12.9. The number of hydrogen-bond acceptors (Lipinski definition) is 5. The molecule has 0 saturated carbocycles. The first kappa shape index (κ1) is 25.0. The van der Waals surface area contributed by atoms with Crippen molar-refractivity contribution in [2.45, 2.75) is 59.1 Å². The number of hydrogen-bond donors (Lipinski definition) is 1. The van der Waals surface area contributed by atoms with Crippen molar-refractivity contribution in [1.29, 1.82) is 0 Å². The van der Waals surface area contributed by atoms with Gasteiger partial charge in [-0.1, -0.05) is 45.0 Å². The van der Waals surface area contributed by atoms with Crippen molar-refractivity contribution < 1.29 is 19.4 Å². The van der Waals surface area contributed by atoms with E-state index in [0.29, 0.717) is 12.1 Å². The Hall–Kier alpha value is -3.12. The summed E-state index contributed by atoms with van der Waals surface area (Å²) in [5.74, 6) is -0.493. The average molecular weight is 477 g/mol. The van der Waals surface area contributed by atoms with Gasteiger partial charge in [0, 0.05) is 18.5 Å². The van der Waals surface area contributed by atoms with Crippen LogP contribution in [0.3, 0.4) is 0 Å². The molecule has 0 unspecified atom stereocenters. The molecule has 0 aromatic heterocycles. The van der Waals surface area contributed by atoms with E-state index in [-0.39, 0.29) is 17.4 Å². The van der Waals surface area contributed by atoms with Gasteiger partial charge in [0.15, 0.2) is 0 Å². The Morgan fingerprint density at radius 2 is 1.80 bits per heavy atom. The van der Waals surface area contributed by atoms with Gasteiger partial charge in [-0.05, 0) is 74.3 Å². The minimum absolute atomic E-state index is 0.0795. The van der Waals surface area contributed by atoms with E-state index in [9.17, 15) is 14.7 Å². The first-order valence-corrected chi connectivity index (χ1v) is 12.8. The Morgan fingerprint density at radius 1 is 1.09 bits per heavy atom. The Balaban J connectivity index is 1.73. The molecule has 0 aliphatic carbocycles. The molecule has 2 aliphatic rings. The Kier molecular flexibility index (Phi) is 7.60. The van der Waals surface area contributed by atoms with E-state index in [1.165, 1.54) is 5.56 Å². The first-order valence-electron chi connectivity index (χ1n) is 12.8. The highest BCUT2D eigenvalue weighted by Gasteiger charge is 2.45. The summed E-state index contributed by atoms with van der Waals surface area (Å²) in [5.41, 5.74) is 3.72. The largest absolute Gasteiger partial charge is 0.507 e. The number of nitrogens with zero attached hydrogens (tertiary/aromatic N) is 2. The molecule has 2 aromatic carbocycles. The zero-order valence-corrected chi connectivity index (χ0v) is 21.2. The topological polar surface area (TPSA) is 70.1 Å². The minimum atomic E-state index is -0.625. The molecule has 1 N–H and O–H groups in total. The molecule has 2 heterocycles. The standard InChI is InChI=1S/C29H36N2O4/c1-5-20-9-11-21(12-10-20)26-25(27(32)22-13-14-24-23(18-22)17-19(4)35-24)28(33)29(34)31(26)16-8-15-30(6-2)7-3/h9-14,18-19,26,32H,5-8,15-17H2,1-4H3/b27-25+/t19-,26+/m0/s1. The number of aliphatic hydroxyl groups is 1. The highest BCUT2D eigenvalue weighted by molar-refractivity contribution is 6.46. The number of ketones is 1. The Labute approximate surface area is 208 Å². The predicted molar refractivity (Wildman–Crippen MR) is 137 cm³/mol. The van der Waals surface area contributed by atoms with Crippen LogP contribution in [0.25, 0.3) is 5.76 Å². The number of rotatable bonds is 9. The van der Waals surface area contributed by atoms with Crippen LogP contribution >= 0.6 is 0 Å². The molecular formula is C29H36N2O4. The average Bonchev–Trinajstić information content (AvgIpc) is 3.37. The maximum atomic E-state index is 13.3. The molecule has 186 valence electrons. The summed E-state index contributed by atoms with van der Waals surface area (Å²) in [6.45, 7) is 11.5. The number of ether oxygens (including phenoxy) is 1. The zero-order valence-electron chi connectivity index (χ0n) is 21.2. The maximum Gasteiger partial charge on any atom is 0.295 e. The van der Waals surface area contributed by atoms with E-state index in [1.54, 1.807) is 11.0 Å². The fourth-order valence-corrected chi connectivity index (χ4v) is 5.12. The summed E-state index contributed by atoms with van der Waals surface area (Å²) in [4.78, 5) is 30.4. The van der Waals surface area contributed by atoms with Crippen LogP contribution in [0.5, 0.6) is 5.75 Å². The third-order valence-corrected chi connectivity index (χ3v) is 7.18. The summed E-state index contributed by atoms with van der Waals surface area (Å²) in [5, 5.41) is 11.4. The number of likely N-dealkylation sites (tertiary alicyclic amines) is 1. The summed E-state index contributed by atoms with van der Waals surface area (Å²) in [7, 11) is 0. The predicted octanol–water partition coefficient (Wildman–Crippen LogP) is 4.73. The van der Waals surface area contributed by atoms with Crippen LogP contribution in [-0.4, -0.2) is 58.9 Å². The number of carbonyl (C=O) groups is 2. The van der Waals surface area contributed by atoms with Gasteiger partial charge in [-0.25, -0.2) is 0 Å². The summed E-state index contributed by atoms with van der Waals surface area (Å²) < 4.78 is 5.79. The molecule has 1 saturated heterocycles. The van der Waals surface area contributed by atoms with Gasteiger partial charge in [0.1, 0.15) is 17.6 Å². The van der Waals surface area contributed by atoms with Gasteiger partial charge in [-0.3, -0.25) is 9.59 Å². The van der Waals surface area contributed by atoms with Crippen LogP contribution in [0.4, 0.5) is 0 Å². The van der Waals surface area contributed by atoms with Crippen LogP contribution in [-0.2, 0) is 22.4 Å². The molecule has 1 fully saturated rings. The lowest BCUT2D eigenvalue weighted by Gasteiger charge is -2.27. The third kappa shape index (κ3) is 4.98. The zero-order chi connectivity index (χ0) is 25.1. The second-order valence-corrected chi connectivity index (χ2v) is 9.42. The maximum absolute atomic E-state index is 13.3. The van der Waals surface area contributed by atoms with Crippen molar-refractivity contribution in [3.63, 3.8) is 0 Å². The molecule has 6 heteroatoms. The van der Waals surface area contributed by atoms with Crippen molar-refractivity contribution >= 4 is 17.4 Å². The highest BCUT2D eigenvalue weighted by atomic mass is 16.5. The second-order valence-electron chi connectivity index (χ2n) is 9.42. The van der Waals surface area contributed by atoms with E-state index in [1.807, 2.05) is 43.3 Å². The second kappa shape index (κ2) is 10.6. The van der Waals surface area contributed by atoms with E-state index < -0.39 is 17.7 Å². The summed E-state index contributed by atoms with van der Waals surface area (Å²) in [6.07, 6.45) is 2.49. The van der Waals surface area contributed by atoms with Crippen LogP contribution < -0.4 is 4.74 Å². The number of carbonyl (C=O) groups excluding carboxylic acids is 2. The van der Waals surface area contributed by atoms with Gasteiger partial charge in [-0.15, -0.1) is 0 Å². The molecule has 2 atom stereocenters.